The third-order valence-electron chi connectivity index (χ3n) is 3.68. The molecule has 2 rings (SSSR count). The van der Waals surface area contributed by atoms with E-state index >= 15 is 0 Å². The number of ether oxygens (including phenoxy) is 1. The minimum Gasteiger partial charge on any atom is -0.368 e. The lowest BCUT2D eigenvalue weighted by Crippen LogP contribution is -2.53. The van der Waals surface area contributed by atoms with Gasteiger partial charge in [0.05, 0.1) is 6.10 Å². The van der Waals surface area contributed by atoms with E-state index in [9.17, 15) is 13.2 Å². The second kappa shape index (κ2) is 6.81. The molecule has 116 valence electrons. The van der Waals surface area contributed by atoms with Gasteiger partial charge < -0.3 is 15.0 Å². The van der Waals surface area contributed by atoms with E-state index in [1.165, 1.54) is 4.31 Å². The molecule has 0 aliphatic carbocycles. The number of nitrogens with zero attached hydrogens (tertiary/aromatic N) is 2. The fraction of sp³-hybridized carbons (Fsp3) is 0.909. The lowest BCUT2D eigenvalue weighted by molar-refractivity contribution is -0.139. The highest BCUT2D eigenvalue weighted by molar-refractivity contribution is 7.86. The Balaban J connectivity index is 1.71. The van der Waals surface area contributed by atoms with Crippen molar-refractivity contribution in [1.29, 1.82) is 0 Å². The van der Waals surface area contributed by atoms with E-state index in [1.807, 2.05) is 0 Å². The Kier molecular flexibility index (Phi) is 5.33. The molecular weight excluding hydrogens is 284 g/mol. The smallest absolute Gasteiger partial charge is 0.277 e. The molecule has 1 amide bonds. The van der Waals surface area contributed by atoms with E-state index in [4.69, 9.17) is 9.88 Å². The molecule has 0 atom stereocenters. The van der Waals surface area contributed by atoms with Gasteiger partial charge in [-0.2, -0.15) is 12.7 Å². The van der Waals surface area contributed by atoms with E-state index < -0.39 is 10.2 Å². The number of nitrogens with one attached hydrogen (secondary N) is 1. The number of hydrogen-bond donors (Lipinski definition) is 2. The van der Waals surface area contributed by atoms with Crippen LogP contribution in [-0.2, 0) is 19.7 Å². The predicted octanol–water partition coefficient (Wildman–Crippen LogP) is -1.90. The quantitative estimate of drug-likeness (QED) is 0.631. The van der Waals surface area contributed by atoms with E-state index in [1.54, 1.807) is 4.90 Å². The molecule has 0 unspecified atom stereocenters. The maximum absolute atomic E-state index is 12.0. The van der Waals surface area contributed by atoms with Crippen molar-refractivity contribution in [3.05, 3.63) is 0 Å². The van der Waals surface area contributed by atoms with Gasteiger partial charge in [0.2, 0.25) is 5.91 Å². The van der Waals surface area contributed by atoms with Crippen molar-refractivity contribution >= 4 is 16.1 Å². The summed E-state index contributed by atoms with van der Waals surface area (Å²) in [6.45, 7) is 3.14. The molecule has 2 heterocycles. The number of amides is 1. The van der Waals surface area contributed by atoms with Crippen LogP contribution in [-0.4, -0.2) is 75.5 Å². The van der Waals surface area contributed by atoms with Crippen LogP contribution < -0.4 is 10.5 Å². The average Bonchev–Trinajstić information content (AvgIpc) is 2.45. The maximum Gasteiger partial charge on any atom is 0.277 e. The molecule has 0 aromatic rings. The van der Waals surface area contributed by atoms with Gasteiger partial charge in [-0.15, -0.1) is 0 Å². The molecule has 0 aromatic heterocycles. The van der Waals surface area contributed by atoms with Gasteiger partial charge in [-0.3, -0.25) is 4.79 Å². The zero-order chi connectivity index (χ0) is 14.6. The molecule has 2 aliphatic heterocycles. The number of piperidine rings is 1. The van der Waals surface area contributed by atoms with Crippen molar-refractivity contribution < 1.29 is 17.9 Å². The summed E-state index contributed by atoms with van der Waals surface area (Å²) in [5.74, 6) is -0.0856. The van der Waals surface area contributed by atoms with Crippen molar-refractivity contribution in [2.24, 2.45) is 5.14 Å². The Morgan fingerprint density at radius 3 is 2.35 bits per heavy atom. The summed E-state index contributed by atoms with van der Waals surface area (Å²) in [4.78, 5) is 13.6. The maximum atomic E-state index is 12.0. The number of rotatable bonds is 4. The summed E-state index contributed by atoms with van der Waals surface area (Å²) in [6, 6.07) is 0. The molecule has 2 fully saturated rings. The molecule has 0 radical (unpaired) electrons. The largest absolute Gasteiger partial charge is 0.368 e. The van der Waals surface area contributed by atoms with Crippen LogP contribution in [0.3, 0.4) is 0 Å². The van der Waals surface area contributed by atoms with E-state index in [0.717, 1.165) is 25.9 Å². The zero-order valence-corrected chi connectivity index (χ0v) is 12.3. The third kappa shape index (κ3) is 4.38. The highest BCUT2D eigenvalue weighted by Crippen LogP contribution is 2.09. The monoisotopic (exact) mass is 306 g/mol. The summed E-state index contributed by atoms with van der Waals surface area (Å²) in [7, 11) is -3.65. The lowest BCUT2D eigenvalue weighted by atomic mass is 10.1. The molecule has 0 aromatic carbocycles. The summed E-state index contributed by atoms with van der Waals surface area (Å²) in [5.41, 5.74) is 0. The van der Waals surface area contributed by atoms with Gasteiger partial charge >= 0.3 is 0 Å². The van der Waals surface area contributed by atoms with E-state index in [-0.39, 0.29) is 31.7 Å². The molecular formula is C11H22N4O4S. The Labute approximate surface area is 119 Å². The van der Waals surface area contributed by atoms with Gasteiger partial charge in [0.25, 0.3) is 10.2 Å². The molecule has 20 heavy (non-hydrogen) atoms. The third-order valence-corrected chi connectivity index (χ3v) is 4.76. The molecule has 0 spiro atoms. The highest BCUT2D eigenvalue weighted by atomic mass is 32.2. The Bertz CT molecular complexity index is 428. The Morgan fingerprint density at radius 2 is 1.80 bits per heavy atom. The van der Waals surface area contributed by atoms with Crippen molar-refractivity contribution in [3.8, 4) is 0 Å². The first-order valence-corrected chi connectivity index (χ1v) is 8.35. The summed E-state index contributed by atoms with van der Waals surface area (Å²) in [5, 5.41) is 8.29. The minimum absolute atomic E-state index is 0.0695. The van der Waals surface area contributed by atoms with Crippen LogP contribution in [0, 0.1) is 0 Å². The molecule has 0 saturated carbocycles. The normalized spacial score (nSPS) is 22.9. The van der Waals surface area contributed by atoms with Crippen LogP contribution in [0.4, 0.5) is 0 Å². The van der Waals surface area contributed by atoms with Gasteiger partial charge in [0.1, 0.15) is 6.61 Å². The molecule has 9 heteroatoms. The second-order valence-corrected chi connectivity index (χ2v) is 6.63. The van der Waals surface area contributed by atoms with Crippen LogP contribution in [0.1, 0.15) is 12.8 Å². The molecule has 0 bridgehead atoms. The predicted molar refractivity (Wildman–Crippen MR) is 73.1 cm³/mol. The van der Waals surface area contributed by atoms with Crippen LogP contribution in [0.15, 0.2) is 0 Å². The van der Waals surface area contributed by atoms with E-state index in [2.05, 4.69) is 5.32 Å². The topological polar surface area (TPSA) is 105 Å². The van der Waals surface area contributed by atoms with Crippen LogP contribution in [0.2, 0.25) is 0 Å². The van der Waals surface area contributed by atoms with Crippen molar-refractivity contribution in [2.45, 2.75) is 18.9 Å². The van der Waals surface area contributed by atoms with Gasteiger partial charge in [-0.1, -0.05) is 0 Å². The number of piperazine rings is 1. The lowest BCUT2D eigenvalue weighted by Gasteiger charge is -2.33. The first kappa shape index (κ1) is 15.6. The molecule has 3 N–H and O–H groups in total. The second-order valence-electron chi connectivity index (χ2n) is 5.09. The number of nitrogens with two attached hydrogens (primary N) is 1. The minimum atomic E-state index is -3.65. The average molecular weight is 306 g/mol. The zero-order valence-electron chi connectivity index (χ0n) is 11.5. The highest BCUT2D eigenvalue weighted by Gasteiger charge is 2.26. The van der Waals surface area contributed by atoms with Gasteiger partial charge in [0.15, 0.2) is 0 Å². The van der Waals surface area contributed by atoms with E-state index in [0.29, 0.717) is 13.1 Å². The number of carbonyl (C=O) groups is 1. The van der Waals surface area contributed by atoms with Crippen LogP contribution in [0.25, 0.3) is 0 Å². The van der Waals surface area contributed by atoms with Crippen molar-refractivity contribution in [1.82, 2.24) is 14.5 Å². The SMILES string of the molecule is NS(=O)(=O)N1CCN(C(=O)COC2CCNCC2)CC1. The Morgan fingerprint density at radius 1 is 1.20 bits per heavy atom. The van der Waals surface area contributed by atoms with Gasteiger partial charge in [-0.25, -0.2) is 5.14 Å². The summed E-state index contributed by atoms with van der Waals surface area (Å²) in [6.07, 6.45) is 1.99. The first-order valence-electron chi connectivity index (χ1n) is 6.85. The summed E-state index contributed by atoms with van der Waals surface area (Å²) < 4.78 is 29.1. The molecule has 2 saturated heterocycles. The number of hydrogen-bond acceptors (Lipinski definition) is 5. The first-order chi connectivity index (χ1) is 9.47. The summed E-state index contributed by atoms with van der Waals surface area (Å²) >= 11 is 0. The molecule has 8 nitrogen and oxygen atoms in total. The van der Waals surface area contributed by atoms with Gasteiger partial charge in [0, 0.05) is 26.2 Å². The molecule has 2 aliphatic rings. The van der Waals surface area contributed by atoms with Gasteiger partial charge in [-0.05, 0) is 25.9 Å². The van der Waals surface area contributed by atoms with Crippen LogP contribution in [0.5, 0.6) is 0 Å². The standard InChI is InChI=1S/C11H22N4O4S/c12-20(17,18)15-7-5-14(6-8-15)11(16)9-19-10-1-3-13-4-2-10/h10,13H,1-9H2,(H2,12,17,18). The van der Waals surface area contributed by atoms with Crippen molar-refractivity contribution in [3.63, 3.8) is 0 Å². The fourth-order valence-corrected chi connectivity index (χ4v) is 3.11. The van der Waals surface area contributed by atoms with Crippen LogP contribution >= 0.6 is 0 Å². The van der Waals surface area contributed by atoms with Crippen molar-refractivity contribution in [2.75, 3.05) is 45.9 Å². The Hall–Kier alpha value is -0.740. The number of carbonyl (C=O) groups excluding carboxylic acids is 1. The fourth-order valence-electron chi connectivity index (χ4n) is 2.43.